The van der Waals surface area contributed by atoms with Crippen molar-refractivity contribution in [2.45, 2.75) is 45.3 Å². The number of nitro benzene ring substituents is 1. The van der Waals surface area contributed by atoms with Gasteiger partial charge in [0.05, 0.1) is 22.9 Å². The van der Waals surface area contributed by atoms with E-state index >= 15 is 0 Å². The fourth-order valence-electron chi connectivity index (χ4n) is 4.92. The van der Waals surface area contributed by atoms with Crippen molar-refractivity contribution in [1.29, 1.82) is 0 Å². The molecule has 0 saturated heterocycles. The molecule has 2 amide bonds. The summed E-state index contributed by atoms with van der Waals surface area (Å²) < 4.78 is 1.86. The van der Waals surface area contributed by atoms with Crippen LogP contribution in [0.3, 0.4) is 0 Å². The van der Waals surface area contributed by atoms with Gasteiger partial charge in [0.25, 0.3) is 11.6 Å². The first kappa shape index (κ1) is 28.0. The molecule has 0 aliphatic carbocycles. The molecule has 0 unspecified atom stereocenters. The number of amides is 2. The first-order valence-electron chi connectivity index (χ1n) is 13.3. The first-order valence-corrected chi connectivity index (χ1v) is 14.3. The predicted molar refractivity (Wildman–Crippen MR) is 158 cm³/mol. The van der Waals surface area contributed by atoms with Crippen molar-refractivity contribution in [2.24, 2.45) is 0 Å². The molecule has 1 aromatic heterocycles. The van der Waals surface area contributed by atoms with E-state index in [0.717, 1.165) is 35.3 Å². The van der Waals surface area contributed by atoms with Crippen LogP contribution in [-0.2, 0) is 17.8 Å². The molecule has 10 nitrogen and oxygen atoms in total. The van der Waals surface area contributed by atoms with E-state index in [1.165, 1.54) is 23.4 Å². The van der Waals surface area contributed by atoms with Gasteiger partial charge in [0.15, 0.2) is 11.0 Å². The fourth-order valence-corrected chi connectivity index (χ4v) is 5.76. The molecule has 0 bridgehead atoms. The maximum atomic E-state index is 13.3. The number of nitrogens with one attached hydrogen (secondary N) is 1. The van der Waals surface area contributed by atoms with Gasteiger partial charge in [-0.3, -0.25) is 24.3 Å². The van der Waals surface area contributed by atoms with Crippen molar-refractivity contribution in [2.75, 3.05) is 17.2 Å². The van der Waals surface area contributed by atoms with Crippen LogP contribution in [0.15, 0.2) is 65.8 Å². The lowest BCUT2D eigenvalue weighted by atomic mass is 10.0. The van der Waals surface area contributed by atoms with Crippen LogP contribution in [0.5, 0.6) is 0 Å². The van der Waals surface area contributed by atoms with Gasteiger partial charge in [-0.2, -0.15) is 0 Å². The SMILES string of the molecule is Cc1ccc(C)c(-n2c(CNC(=O)c3ccc(C)c([N+](=O)[O-])c3)nnc2SCC(=O)N2CCCc3ccccc32)c1. The van der Waals surface area contributed by atoms with E-state index in [4.69, 9.17) is 0 Å². The Morgan fingerprint density at radius 1 is 1.00 bits per heavy atom. The average molecular weight is 571 g/mol. The second-order valence-electron chi connectivity index (χ2n) is 10.0. The summed E-state index contributed by atoms with van der Waals surface area (Å²) >= 11 is 1.30. The summed E-state index contributed by atoms with van der Waals surface area (Å²) in [5.41, 5.74) is 5.55. The van der Waals surface area contributed by atoms with Gasteiger partial charge in [-0.15, -0.1) is 10.2 Å². The molecule has 4 aromatic rings. The molecule has 210 valence electrons. The number of rotatable bonds is 8. The van der Waals surface area contributed by atoms with Crippen molar-refractivity contribution < 1.29 is 14.5 Å². The van der Waals surface area contributed by atoms with Crippen molar-refractivity contribution >= 4 is 35.0 Å². The van der Waals surface area contributed by atoms with Crippen molar-refractivity contribution in [3.8, 4) is 5.69 Å². The predicted octanol–water partition coefficient (Wildman–Crippen LogP) is 5.10. The van der Waals surface area contributed by atoms with E-state index in [1.807, 2.05) is 59.7 Å². The lowest BCUT2D eigenvalue weighted by molar-refractivity contribution is -0.385. The number of thioether (sulfide) groups is 1. The second kappa shape index (κ2) is 11.9. The number of hydrogen-bond acceptors (Lipinski definition) is 7. The first-order chi connectivity index (χ1) is 19.7. The van der Waals surface area contributed by atoms with Crippen molar-refractivity contribution in [3.05, 3.63) is 104 Å². The number of carbonyl (C=O) groups is 2. The number of aromatic nitrogens is 3. The molecule has 0 radical (unpaired) electrons. The van der Waals surface area contributed by atoms with Crippen LogP contribution in [0.25, 0.3) is 5.69 Å². The van der Waals surface area contributed by atoms with E-state index in [9.17, 15) is 19.7 Å². The summed E-state index contributed by atoms with van der Waals surface area (Å²) in [6.45, 7) is 6.31. The normalized spacial score (nSPS) is 12.6. The Balaban J connectivity index is 1.39. The largest absolute Gasteiger partial charge is 0.345 e. The van der Waals surface area contributed by atoms with Gasteiger partial charge < -0.3 is 10.2 Å². The summed E-state index contributed by atoms with van der Waals surface area (Å²) in [5.74, 6) is 0.189. The molecule has 0 saturated carbocycles. The van der Waals surface area contributed by atoms with Gasteiger partial charge in [-0.1, -0.05) is 48.2 Å². The highest BCUT2D eigenvalue weighted by molar-refractivity contribution is 7.99. The fraction of sp³-hybridized carbons (Fsp3) is 0.267. The minimum Gasteiger partial charge on any atom is -0.345 e. The minimum absolute atomic E-state index is 0.00603. The molecule has 5 rings (SSSR count). The number of nitrogens with zero attached hydrogens (tertiary/aromatic N) is 5. The quantitative estimate of drug-likeness (QED) is 0.178. The number of benzene rings is 3. The third kappa shape index (κ3) is 5.99. The van der Waals surface area contributed by atoms with Gasteiger partial charge >= 0.3 is 0 Å². The molecular weight excluding hydrogens is 540 g/mol. The Labute approximate surface area is 241 Å². The molecule has 2 heterocycles. The molecule has 41 heavy (non-hydrogen) atoms. The van der Waals surface area contributed by atoms with E-state index < -0.39 is 10.8 Å². The van der Waals surface area contributed by atoms with Gasteiger partial charge in [0, 0.05) is 29.4 Å². The molecule has 0 spiro atoms. The van der Waals surface area contributed by atoms with Gasteiger partial charge in [-0.25, -0.2) is 0 Å². The lowest BCUT2D eigenvalue weighted by Gasteiger charge is -2.29. The number of carbonyl (C=O) groups excluding carboxylic acids is 2. The van der Waals surface area contributed by atoms with E-state index in [1.54, 1.807) is 19.1 Å². The topological polar surface area (TPSA) is 123 Å². The van der Waals surface area contributed by atoms with Crippen molar-refractivity contribution in [3.63, 3.8) is 0 Å². The summed E-state index contributed by atoms with van der Waals surface area (Å²) in [6.07, 6.45) is 1.87. The number of nitro groups is 1. The van der Waals surface area contributed by atoms with Crippen molar-refractivity contribution in [1.82, 2.24) is 20.1 Å². The monoisotopic (exact) mass is 570 g/mol. The Morgan fingerprint density at radius 2 is 1.78 bits per heavy atom. The molecular formula is C30H30N6O4S. The number of para-hydroxylation sites is 1. The highest BCUT2D eigenvalue weighted by atomic mass is 32.2. The average Bonchev–Trinajstić information content (AvgIpc) is 3.38. The number of hydrogen-bond donors (Lipinski definition) is 1. The van der Waals surface area contributed by atoms with Crippen LogP contribution in [0.1, 0.15) is 44.9 Å². The highest BCUT2D eigenvalue weighted by Crippen LogP contribution is 2.30. The zero-order chi connectivity index (χ0) is 29.1. The summed E-state index contributed by atoms with van der Waals surface area (Å²) in [4.78, 5) is 38.9. The van der Waals surface area contributed by atoms with Crippen LogP contribution in [0.2, 0.25) is 0 Å². The minimum atomic E-state index is -0.503. The molecule has 0 fully saturated rings. The molecule has 11 heteroatoms. The Bertz CT molecular complexity index is 1650. The second-order valence-corrected chi connectivity index (χ2v) is 11.0. The standard InChI is InChI=1S/C30H30N6O4S/c1-19-10-11-20(2)25(15-19)35-27(17-31-29(38)23-13-12-21(3)26(16-23)36(39)40)32-33-30(35)41-18-28(37)34-14-6-8-22-7-4-5-9-24(22)34/h4-5,7,9-13,15-16H,6,8,14,17-18H2,1-3H3,(H,31,38). The molecule has 1 N–H and O–H groups in total. The Morgan fingerprint density at radius 3 is 2.59 bits per heavy atom. The van der Waals surface area contributed by atoms with Crippen LogP contribution >= 0.6 is 11.8 Å². The summed E-state index contributed by atoms with van der Waals surface area (Å²) in [6, 6.07) is 18.4. The third-order valence-corrected chi connectivity index (χ3v) is 8.03. The van der Waals surface area contributed by atoms with Gasteiger partial charge in [0.2, 0.25) is 5.91 Å². The van der Waals surface area contributed by atoms with Crippen LogP contribution in [0.4, 0.5) is 11.4 Å². The number of anilines is 1. The number of fused-ring (bicyclic) bond motifs is 1. The maximum Gasteiger partial charge on any atom is 0.273 e. The Hall–Kier alpha value is -4.51. The van der Waals surface area contributed by atoms with E-state index in [2.05, 4.69) is 21.6 Å². The maximum absolute atomic E-state index is 13.3. The summed E-state index contributed by atoms with van der Waals surface area (Å²) in [5, 5.41) is 23.4. The van der Waals surface area contributed by atoms with Gasteiger partial charge in [-0.05, 0) is 68.5 Å². The lowest BCUT2D eigenvalue weighted by Crippen LogP contribution is -2.36. The Kier molecular flexibility index (Phi) is 8.16. The molecule has 1 aliphatic heterocycles. The number of aryl methyl sites for hydroxylation is 4. The zero-order valence-corrected chi connectivity index (χ0v) is 23.9. The van der Waals surface area contributed by atoms with E-state index in [0.29, 0.717) is 23.1 Å². The molecule has 3 aromatic carbocycles. The third-order valence-electron chi connectivity index (χ3n) is 7.12. The highest BCUT2D eigenvalue weighted by Gasteiger charge is 2.24. The smallest absolute Gasteiger partial charge is 0.273 e. The van der Waals surface area contributed by atoms with Crippen LogP contribution < -0.4 is 10.2 Å². The molecule has 0 atom stereocenters. The zero-order valence-electron chi connectivity index (χ0n) is 23.1. The summed E-state index contributed by atoms with van der Waals surface area (Å²) in [7, 11) is 0. The van der Waals surface area contributed by atoms with Crippen LogP contribution in [-0.4, -0.2) is 43.8 Å². The van der Waals surface area contributed by atoms with Gasteiger partial charge in [0.1, 0.15) is 0 Å². The molecule has 1 aliphatic rings. The van der Waals surface area contributed by atoms with Crippen LogP contribution in [0, 0.1) is 30.9 Å². The van der Waals surface area contributed by atoms with E-state index in [-0.39, 0.29) is 29.5 Å².